The summed E-state index contributed by atoms with van der Waals surface area (Å²) < 4.78 is 62.5. The van der Waals surface area contributed by atoms with Gasteiger partial charge in [-0.2, -0.15) is 22.0 Å². The van der Waals surface area contributed by atoms with Crippen molar-refractivity contribution < 1.29 is 22.0 Å². The van der Waals surface area contributed by atoms with Crippen LogP contribution < -0.4 is 0 Å². The predicted molar refractivity (Wildman–Crippen MR) is 59.3 cm³/mol. The first-order valence-electron chi connectivity index (χ1n) is 3.60. The molecule has 0 bridgehead atoms. The highest BCUT2D eigenvalue weighted by Gasteiger charge is 2.62. The third-order valence-electron chi connectivity index (χ3n) is 1.65. The molecule has 1 rings (SSSR count). The average molecular weight is 408 g/mol. The fourth-order valence-electron chi connectivity index (χ4n) is 0.865. The van der Waals surface area contributed by atoms with Crippen LogP contribution in [0, 0.1) is 0 Å². The number of rotatable bonds is 2. The molecule has 1 aromatic heterocycles. The van der Waals surface area contributed by atoms with Crippen molar-refractivity contribution in [3.8, 4) is 0 Å². The number of thiophene rings is 1. The monoisotopic (exact) mass is 406 g/mol. The van der Waals surface area contributed by atoms with Gasteiger partial charge in [-0.15, -0.1) is 22.9 Å². The van der Waals surface area contributed by atoms with Gasteiger partial charge in [-0.25, -0.2) is 0 Å². The zero-order valence-corrected chi connectivity index (χ0v) is 11.8. The van der Waals surface area contributed by atoms with Crippen LogP contribution >= 0.6 is 54.8 Å². The van der Waals surface area contributed by atoms with Gasteiger partial charge in [0.25, 0.3) is 0 Å². The summed E-state index contributed by atoms with van der Waals surface area (Å²) in [6, 6.07) is 1.13. The summed E-state index contributed by atoms with van der Waals surface area (Å²) in [5.41, 5.74) is -0.291. The molecule has 1 heterocycles. The standard InChI is InChI=1S/C7H2Br2ClF5S/c8-3-1-2(5(9)16-3)4(10)6(11,12)7(13,14)15/h1,4H. The van der Waals surface area contributed by atoms with E-state index in [0.29, 0.717) is 3.79 Å². The molecule has 0 fully saturated rings. The summed E-state index contributed by atoms with van der Waals surface area (Å²) >= 11 is 12.0. The summed E-state index contributed by atoms with van der Waals surface area (Å²) in [5.74, 6) is -4.97. The number of hydrogen-bond donors (Lipinski definition) is 0. The van der Waals surface area contributed by atoms with Crippen molar-refractivity contribution in [1.82, 2.24) is 0 Å². The zero-order chi connectivity index (χ0) is 12.7. The highest BCUT2D eigenvalue weighted by molar-refractivity contribution is 9.12. The van der Waals surface area contributed by atoms with Gasteiger partial charge in [0, 0.05) is 5.56 Å². The molecular weight excluding hydrogens is 406 g/mol. The fraction of sp³-hybridized carbons (Fsp3) is 0.429. The highest BCUT2D eigenvalue weighted by atomic mass is 79.9. The van der Waals surface area contributed by atoms with Crippen LogP contribution in [0.3, 0.4) is 0 Å². The molecule has 0 N–H and O–H groups in total. The van der Waals surface area contributed by atoms with E-state index in [2.05, 4.69) is 31.9 Å². The van der Waals surface area contributed by atoms with Crippen molar-refractivity contribution in [2.45, 2.75) is 17.5 Å². The van der Waals surface area contributed by atoms with Crippen molar-refractivity contribution >= 4 is 54.8 Å². The van der Waals surface area contributed by atoms with Crippen LogP contribution in [0.25, 0.3) is 0 Å². The molecule has 0 spiro atoms. The van der Waals surface area contributed by atoms with E-state index in [9.17, 15) is 22.0 Å². The average Bonchev–Trinajstić information content (AvgIpc) is 2.41. The molecule has 0 aliphatic carbocycles. The van der Waals surface area contributed by atoms with Crippen molar-refractivity contribution in [1.29, 1.82) is 0 Å². The van der Waals surface area contributed by atoms with Crippen LogP contribution in [0.1, 0.15) is 10.9 Å². The van der Waals surface area contributed by atoms with E-state index in [0.717, 1.165) is 17.4 Å². The van der Waals surface area contributed by atoms with Crippen molar-refractivity contribution in [2.75, 3.05) is 0 Å². The lowest BCUT2D eigenvalue weighted by Crippen LogP contribution is -2.40. The quantitative estimate of drug-likeness (QED) is 0.432. The second kappa shape index (κ2) is 4.70. The lowest BCUT2D eigenvalue weighted by Gasteiger charge is -2.24. The van der Waals surface area contributed by atoms with Crippen LogP contribution in [0.5, 0.6) is 0 Å². The van der Waals surface area contributed by atoms with Crippen molar-refractivity contribution in [3.63, 3.8) is 0 Å². The fourth-order valence-corrected chi connectivity index (χ4v) is 4.26. The molecule has 0 nitrogen and oxygen atoms in total. The van der Waals surface area contributed by atoms with E-state index >= 15 is 0 Å². The van der Waals surface area contributed by atoms with Crippen molar-refractivity contribution in [2.24, 2.45) is 0 Å². The van der Waals surface area contributed by atoms with Crippen LogP contribution in [0.4, 0.5) is 22.0 Å². The van der Waals surface area contributed by atoms with Gasteiger partial charge in [0.1, 0.15) is 5.38 Å². The number of hydrogen-bond acceptors (Lipinski definition) is 1. The molecule has 1 atom stereocenters. The highest BCUT2D eigenvalue weighted by Crippen LogP contribution is 2.51. The Labute approximate surface area is 113 Å². The first-order chi connectivity index (χ1) is 7.07. The third kappa shape index (κ3) is 2.70. The van der Waals surface area contributed by atoms with Gasteiger partial charge < -0.3 is 0 Å². The van der Waals surface area contributed by atoms with Crippen LogP contribution in [0.2, 0.25) is 0 Å². The third-order valence-corrected chi connectivity index (χ3v) is 4.55. The summed E-state index contributed by atoms with van der Waals surface area (Å²) in [6.45, 7) is 0. The molecule has 1 unspecified atom stereocenters. The molecule has 0 amide bonds. The minimum atomic E-state index is -5.67. The van der Waals surface area contributed by atoms with Gasteiger partial charge in [-0.05, 0) is 37.9 Å². The Morgan fingerprint density at radius 1 is 1.19 bits per heavy atom. The van der Waals surface area contributed by atoms with Crippen LogP contribution in [0.15, 0.2) is 13.6 Å². The van der Waals surface area contributed by atoms with Crippen LogP contribution in [-0.4, -0.2) is 12.1 Å². The van der Waals surface area contributed by atoms with Gasteiger partial charge in [0.2, 0.25) is 0 Å². The van der Waals surface area contributed by atoms with Gasteiger partial charge in [0.05, 0.1) is 7.57 Å². The van der Waals surface area contributed by atoms with E-state index in [1.165, 1.54) is 0 Å². The first-order valence-corrected chi connectivity index (χ1v) is 6.44. The minimum Gasteiger partial charge on any atom is -0.194 e. The molecule has 0 saturated heterocycles. The predicted octanol–water partition coefficient (Wildman–Crippen LogP) is 5.75. The first kappa shape index (κ1) is 14.7. The minimum absolute atomic E-state index is 0.142. The van der Waals surface area contributed by atoms with Crippen LogP contribution in [-0.2, 0) is 0 Å². The molecule has 0 aromatic carbocycles. The summed E-state index contributed by atoms with van der Waals surface area (Å²) in [5, 5.41) is -2.45. The molecule has 16 heavy (non-hydrogen) atoms. The lowest BCUT2D eigenvalue weighted by molar-refractivity contribution is -0.283. The van der Waals surface area contributed by atoms with E-state index in [1.807, 2.05) is 0 Å². The second-order valence-electron chi connectivity index (χ2n) is 2.76. The number of halogens is 8. The van der Waals surface area contributed by atoms with Gasteiger partial charge in [-0.3, -0.25) is 0 Å². The summed E-state index contributed by atoms with van der Waals surface area (Å²) in [4.78, 5) is 0. The maximum Gasteiger partial charge on any atom is 0.455 e. The smallest absolute Gasteiger partial charge is 0.194 e. The Kier molecular flexibility index (Phi) is 4.31. The van der Waals surface area contributed by atoms with E-state index in [1.54, 1.807) is 0 Å². The molecule has 0 radical (unpaired) electrons. The Hall–Kier alpha value is 0.600. The Morgan fingerprint density at radius 3 is 2.00 bits per heavy atom. The van der Waals surface area contributed by atoms with Gasteiger partial charge in [0.15, 0.2) is 0 Å². The van der Waals surface area contributed by atoms with Crippen molar-refractivity contribution in [3.05, 3.63) is 19.2 Å². The SMILES string of the molecule is FC(F)(F)C(F)(F)C(Cl)c1cc(Br)sc1Br. The van der Waals surface area contributed by atoms with E-state index in [-0.39, 0.29) is 9.35 Å². The molecule has 1 aromatic rings. The molecule has 92 valence electrons. The number of alkyl halides is 6. The Bertz CT molecular complexity index is 389. The normalized spacial score (nSPS) is 15.2. The lowest BCUT2D eigenvalue weighted by atomic mass is 10.1. The maximum atomic E-state index is 12.9. The van der Waals surface area contributed by atoms with Gasteiger partial charge in [-0.1, -0.05) is 0 Å². The Morgan fingerprint density at radius 2 is 1.69 bits per heavy atom. The summed E-state index contributed by atoms with van der Waals surface area (Å²) in [7, 11) is 0. The molecular formula is C7H2Br2ClF5S. The topological polar surface area (TPSA) is 0 Å². The molecule has 9 heteroatoms. The van der Waals surface area contributed by atoms with E-state index < -0.39 is 17.5 Å². The zero-order valence-electron chi connectivity index (χ0n) is 7.09. The maximum absolute atomic E-state index is 12.9. The second-order valence-corrected chi connectivity index (χ2v) is 6.95. The molecule has 0 saturated carbocycles. The van der Waals surface area contributed by atoms with E-state index in [4.69, 9.17) is 11.6 Å². The molecule has 0 aliphatic rings. The van der Waals surface area contributed by atoms with Gasteiger partial charge >= 0.3 is 12.1 Å². The largest absolute Gasteiger partial charge is 0.455 e. The summed E-state index contributed by atoms with van der Waals surface area (Å²) in [6.07, 6.45) is -5.67. The molecule has 0 aliphatic heterocycles. The Balaban J connectivity index is 3.11.